The van der Waals surface area contributed by atoms with E-state index in [1.54, 1.807) is 6.07 Å². The normalized spacial score (nSPS) is 17.1. The number of hydrogen-bond donors (Lipinski definition) is 1. The molecule has 100 valence electrons. The van der Waals surface area contributed by atoms with E-state index in [1.165, 1.54) is 6.07 Å². The van der Waals surface area contributed by atoms with E-state index in [1.807, 2.05) is 34.9 Å². The zero-order valence-corrected chi connectivity index (χ0v) is 10.6. The molecule has 5 heteroatoms. The summed E-state index contributed by atoms with van der Waals surface area (Å²) in [5, 5.41) is 0. The van der Waals surface area contributed by atoms with E-state index in [9.17, 15) is 4.39 Å². The minimum atomic E-state index is -0.361. The second kappa shape index (κ2) is 3.96. The Labute approximate surface area is 114 Å². The lowest BCUT2D eigenvalue weighted by molar-refractivity contribution is 0.320. The largest absolute Gasteiger partial charge is 0.491 e. The highest BCUT2D eigenvalue weighted by Gasteiger charge is 2.28. The maximum Gasteiger partial charge on any atom is 0.202 e. The van der Waals surface area contributed by atoms with Crippen LogP contribution >= 0.6 is 0 Å². The molecule has 20 heavy (non-hydrogen) atoms. The second-order valence-corrected chi connectivity index (χ2v) is 4.81. The highest BCUT2D eigenvalue weighted by Crippen LogP contribution is 2.37. The van der Waals surface area contributed by atoms with Crippen molar-refractivity contribution >= 4 is 17.0 Å². The van der Waals surface area contributed by atoms with Gasteiger partial charge in [0.25, 0.3) is 0 Å². The lowest BCUT2D eigenvalue weighted by atomic mass is 10.1. The average Bonchev–Trinajstić information content (AvgIpc) is 3.00. The molecule has 1 atom stereocenters. The Morgan fingerprint density at radius 3 is 2.95 bits per heavy atom. The number of hydrogen-bond acceptors (Lipinski definition) is 3. The zero-order valence-electron chi connectivity index (χ0n) is 10.6. The highest BCUT2D eigenvalue weighted by atomic mass is 19.1. The molecule has 0 aliphatic carbocycles. The Balaban J connectivity index is 1.96. The van der Waals surface area contributed by atoms with Gasteiger partial charge in [-0.05, 0) is 18.2 Å². The molecule has 0 radical (unpaired) electrons. The Morgan fingerprint density at radius 2 is 2.05 bits per heavy atom. The van der Waals surface area contributed by atoms with Crippen molar-refractivity contribution < 1.29 is 9.13 Å². The van der Waals surface area contributed by atoms with Crippen LogP contribution in [0, 0.1) is 5.82 Å². The van der Waals surface area contributed by atoms with Crippen molar-refractivity contribution in [2.75, 3.05) is 12.3 Å². The summed E-state index contributed by atoms with van der Waals surface area (Å²) in [5.41, 5.74) is 8.02. The van der Waals surface area contributed by atoms with E-state index in [4.69, 9.17) is 10.5 Å². The van der Waals surface area contributed by atoms with Crippen molar-refractivity contribution in [1.82, 2.24) is 9.55 Å². The molecule has 2 N–H and O–H groups in total. The summed E-state index contributed by atoms with van der Waals surface area (Å²) in [6.45, 7) is 0.478. The van der Waals surface area contributed by atoms with Gasteiger partial charge in [-0.1, -0.05) is 24.3 Å². The van der Waals surface area contributed by atoms with Crippen molar-refractivity contribution in [2.45, 2.75) is 6.04 Å². The fourth-order valence-corrected chi connectivity index (χ4v) is 2.79. The lowest BCUT2D eigenvalue weighted by Gasteiger charge is -2.13. The number of halogens is 1. The summed E-state index contributed by atoms with van der Waals surface area (Å²) < 4.78 is 21.3. The Bertz CT molecular complexity index is 812. The van der Waals surface area contributed by atoms with Crippen molar-refractivity contribution in [3.8, 4) is 5.75 Å². The standard InChI is InChI=1S/C15H12FN3O/c16-10-5-3-6-11-14(10)18-15(17)19(11)12-8-20-13-7-2-1-4-9(12)13/h1-7,12H,8H2,(H2,17,18). The average molecular weight is 269 g/mol. The highest BCUT2D eigenvalue weighted by molar-refractivity contribution is 5.79. The number of nitrogens with zero attached hydrogens (tertiary/aromatic N) is 2. The number of ether oxygens (including phenoxy) is 1. The van der Waals surface area contributed by atoms with Crippen LogP contribution in [0.4, 0.5) is 10.3 Å². The summed E-state index contributed by atoms with van der Waals surface area (Å²) in [7, 11) is 0. The van der Waals surface area contributed by atoms with Crippen LogP contribution in [-0.2, 0) is 0 Å². The molecule has 4 nitrogen and oxygen atoms in total. The molecule has 0 fully saturated rings. The first kappa shape index (κ1) is 11.3. The predicted octanol–water partition coefficient (Wildman–Crippen LogP) is 2.74. The van der Waals surface area contributed by atoms with E-state index in [-0.39, 0.29) is 11.9 Å². The molecule has 0 bridgehead atoms. The van der Waals surface area contributed by atoms with Gasteiger partial charge in [-0.3, -0.25) is 4.57 Å². The summed E-state index contributed by atoms with van der Waals surface area (Å²) in [4.78, 5) is 4.14. The van der Waals surface area contributed by atoms with Gasteiger partial charge in [0.1, 0.15) is 17.9 Å². The number of benzene rings is 2. The molecule has 2 heterocycles. The third kappa shape index (κ3) is 1.43. The van der Waals surface area contributed by atoms with Gasteiger partial charge in [-0.15, -0.1) is 0 Å². The quantitative estimate of drug-likeness (QED) is 0.739. The first-order valence-electron chi connectivity index (χ1n) is 6.39. The van der Waals surface area contributed by atoms with Crippen LogP contribution in [0.5, 0.6) is 5.75 Å². The van der Waals surface area contributed by atoms with Gasteiger partial charge < -0.3 is 10.5 Å². The van der Waals surface area contributed by atoms with Gasteiger partial charge in [-0.2, -0.15) is 0 Å². The monoisotopic (exact) mass is 269 g/mol. The first-order chi connectivity index (χ1) is 9.75. The third-order valence-electron chi connectivity index (χ3n) is 3.68. The van der Waals surface area contributed by atoms with Crippen molar-refractivity contribution in [3.05, 3.63) is 53.8 Å². The Morgan fingerprint density at radius 1 is 1.20 bits per heavy atom. The summed E-state index contributed by atoms with van der Waals surface area (Å²) >= 11 is 0. The number of nitrogen functional groups attached to an aromatic ring is 1. The summed E-state index contributed by atoms with van der Waals surface area (Å²) in [5.74, 6) is 0.783. The van der Waals surface area contributed by atoms with E-state index >= 15 is 0 Å². The smallest absolute Gasteiger partial charge is 0.202 e. The van der Waals surface area contributed by atoms with Gasteiger partial charge in [0.2, 0.25) is 5.95 Å². The lowest BCUT2D eigenvalue weighted by Crippen LogP contribution is -2.14. The fourth-order valence-electron chi connectivity index (χ4n) is 2.79. The molecule has 0 saturated heterocycles. The number of imidazole rings is 1. The number of fused-ring (bicyclic) bond motifs is 2. The van der Waals surface area contributed by atoms with Crippen molar-refractivity contribution in [3.63, 3.8) is 0 Å². The van der Waals surface area contributed by atoms with E-state index in [0.717, 1.165) is 11.3 Å². The minimum absolute atomic E-state index is 0.0713. The fraction of sp³-hybridized carbons (Fsp3) is 0.133. The molecule has 0 amide bonds. The van der Waals surface area contributed by atoms with Crippen LogP contribution in [0.15, 0.2) is 42.5 Å². The maximum atomic E-state index is 13.8. The van der Waals surface area contributed by atoms with Crippen molar-refractivity contribution in [2.24, 2.45) is 0 Å². The minimum Gasteiger partial charge on any atom is -0.491 e. The van der Waals surface area contributed by atoms with Gasteiger partial charge in [0.15, 0.2) is 5.82 Å². The maximum absolute atomic E-state index is 13.8. The Hall–Kier alpha value is -2.56. The van der Waals surface area contributed by atoms with Gasteiger partial charge in [0.05, 0.1) is 11.6 Å². The number of para-hydroxylation sites is 2. The molecule has 1 aliphatic heterocycles. The van der Waals surface area contributed by atoms with Crippen molar-refractivity contribution in [1.29, 1.82) is 0 Å². The Kier molecular flexibility index (Phi) is 2.24. The van der Waals surface area contributed by atoms with E-state index < -0.39 is 0 Å². The number of rotatable bonds is 1. The molecule has 3 aromatic rings. The van der Waals surface area contributed by atoms with Crippen LogP contribution < -0.4 is 10.5 Å². The van der Waals surface area contributed by atoms with Gasteiger partial charge in [0, 0.05) is 5.56 Å². The zero-order chi connectivity index (χ0) is 13.7. The molecule has 1 aliphatic rings. The molecular formula is C15H12FN3O. The molecule has 2 aromatic carbocycles. The van der Waals surface area contributed by atoms with Crippen LogP contribution in [0.3, 0.4) is 0 Å². The number of anilines is 1. The molecule has 0 spiro atoms. The predicted molar refractivity (Wildman–Crippen MR) is 74.2 cm³/mol. The molecule has 0 saturated carbocycles. The van der Waals surface area contributed by atoms with Gasteiger partial charge in [-0.25, -0.2) is 9.37 Å². The first-order valence-corrected chi connectivity index (χ1v) is 6.39. The SMILES string of the molecule is Nc1nc2c(F)cccc2n1C1COc2ccccc21. The topological polar surface area (TPSA) is 53.1 Å². The number of aromatic nitrogens is 2. The van der Waals surface area contributed by atoms with E-state index in [0.29, 0.717) is 23.6 Å². The summed E-state index contributed by atoms with van der Waals surface area (Å²) in [6, 6.07) is 12.6. The van der Waals surface area contributed by atoms with Crippen LogP contribution in [0.2, 0.25) is 0 Å². The van der Waals surface area contributed by atoms with Gasteiger partial charge >= 0.3 is 0 Å². The second-order valence-electron chi connectivity index (χ2n) is 4.81. The third-order valence-corrected chi connectivity index (χ3v) is 3.68. The van der Waals surface area contributed by atoms with Crippen LogP contribution in [-0.4, -0.2) is 16.2 Å². The van der Waals surface area contributed by atoms with E-state index in [2.05, 4.69) is 4.98 Å². The molecule has 4 rings (SSSR count). The van der Waals surface area contributed by atoms with Crippen LogP contribution in [0.25, 0.3) is 11.0 Å². The number of nitrogens with two attached hydrogens (primary N) is 1. The van der Waals surface area contributed by atoms with Crippen LogP contribution in [0.1, 0.15) is 11.6 Å². The summed E-state index contributed by atoms with van der Waals surface area (Å²) in [6.07, 6.45) is 0. The molecule has 1 aromatic heterocycles. The molecule has 1 unspecified atom stereocenters. The molecular weight excluding hydrogens is 257 g/mol.